The molecule has 1 aromatic heterocycles. The molecule has 0 radical (unpaired) electrons. The number of methoxy groups -OCH3 is 1. The van der Waals surface area contributed by atoms with Gasteiger partial charge in [-0.2, -0.15) is 0 Å². The summed E-state index contributed by atoms with van der Waals surface area (Å²) in [5.74, 6) is 2.05. The minimum atomic E-state index is 0.797. The Morgan fingerprint density at radius 2 is 1.91 bits per heavy atom. The minimum absolute atomic E-state index is 0.797. The molecule has 1 aliphatic heterocycles. The Balaban J connectivity index is 1.58. The predicted octanol–water partition coefficient (Wildman–Crippen LogP) is 3.37. The Kier molecular flexibility index (Phi) is 5.48. The molecular formula is C19H25N3O. The van der Waals surface area contributed by atoms with Crippen LogP contribution >= 0.6 is 0 Å². The van der Waals surface area contributed by atoms with Gasteiger partial charge in [-0.05, 0) is 43.0 Å². The lowest BCUT2D eigenvalue weighted by Gasteiger charge is -2.27. The van der Waals surface area contributed by atoms with E-state index in [4.69, 9.17) is 4.74 Å². The number of hydrogen-bond acceptors (Lipinski definition) is 4. The first kappa shape index (κ1) is 15.8. The highest BCUT2D eigenvalue weighted by molar-refractivity contribution is 5.41. The molecule has 0 saturated carbocycles. The number of nitrogens with zero attached hydrogens (tertiary/aromatic N) is 2. The van der Waals surface area contributed by atoms with Crippen molar-refractivity contribution in [3.63, 3.8) is 0 Å². The van der Waals surface area contributed by atoms with Gasteiger partial charge in [0.2, 0.25) is 0 Å². The molecule has 1 saturated heterocycles. The van der Waals surface area contributed by atoms with Crippen LogP contribution in [0.3, 0.4) is 0 Å². The fourth-order valence-corrected chi connectivity index (χ4v) is 3.06. The largest absolute Gasteiger partial charge is 0.496 e. The van der Waals surface area contributed by atoms with E-state index in [2.05, 4.69) is 33.4 Å². The lowest BCUT2D eigenvalue weighted by molar-refractivity contribution is 0.407. The third-order valence-electron chi connectivity index (χ3n) is 4.33. The highest BCUT2D eigenvalue weighted by atomic mass is 16.5. The molecule has 4 heteroatoms. The van der Waals surface area contributed by atoms with Crippen molar-refractivity contribution in [2.24, 2.45) is 0 Å². The zero-order chi connectivity index (χ0) is 15.9. The molecule has 1 N–H and O–H groups in total. The van der Waals surface area contributed by atoms with Crippen LogP contribution in [0.1, 0.15) is 30.4 Å². The van der Waals surface area contributed by atoms with E-state index in [1.165, 1.54) is 30.4 Å². The topological polar surface area (TPSA) is 37.4 Å². The molecule has 1 aliphatic rings. The van der Waals surface area contributed by atoms with E-state index in [0.29, 0.717) is 0 Å². The van der Waals surface area contributed by atoms with E-state index in [1.54, 1.807) is 7.11 Å². The molecule has 1 aromatic carbocycles. The minimum Gasteiger partial charge on any atom is -0.496 e. The van der Waals surface area contributed by atoms with E-state index in [9.17, 15) is 0 Å². The van der Waals surface area contributed by atoms with Crippen LogP contribution in [-0.4, -0.2) is 25.2 Å². The number of anilines is 1. The summed E-state index contributed by atoms with van der Waals surface area (Å²) in [6.45, 7) is 3.89. The Hall–Kier alpha value is -2.07. The molecule has 2 aromatic rings. The van der Waals surface area contributed by atoms with Gasteiger partial charge in [-0.15, -0.1) is 0 Å². The zero-order valence-corrected chi connectivity index (χ0v) is 13.8. The van der Waals surface area contributed by atoms with E-state index in [1.807, 2.05) is 24.4 Å². The van der Waals surface area contributed by atoms with Gasteiger partial charge in [0.1, 0.15) is 11.6 Å². The molecule has 0 unspecified atom stereocenters. The first-order valence-corrected chi connectivity index (χ1v) is 8.39. The Morgan fingerprint density at radius 3 is 2.74 bits per heavy atom. The smallest absolute Gasteiger partial charge is 0.128 e. The average Bonchev–Trinajstić information content (AvgIpc) is 2.63. The number of nitrogens with one attached hydrogen (secondary N) is 1. The molecule has 122 valence electrons. The van der Waals surface area contributed by atoms with E-state index in [-0.39, 0.29) is 0 Å². The summed E-state index contributed by atoms with van der Waals surface area (Å²) in [5.41, 5.74) is 2.45. The molecule has 0 amide bonds. The van der Waals surface area contributed by atoms with Crippen molar-refractivity contribution >= 4 is 5.82 Å². The maximum atomic E-state index is 5.39. The molecule has 23 heavy (non-hydrogen) atoms. The van der Waals surface area contributed by atoms with Crippen molar-refractivity contribution in [1.29, 1.82) is 0 Å². The Labute approximate surface area is 138 Å². The summed E-state index contributed by atoms with van der Waals surface area (Å²) in [4.78, 5) is 6.93. The maximum absolute atomic E-state index is 5.39. The average molecular weight is 311 g/mol. The van der Waals surface area contributed by atoms with Crippen molar-refractivity contribution in [2.75, 3.05) is 25.1 Å². The fourth-order valence-electron chi connectivity index (χ4n) is 3.06. The van der Waals surface area contributed by atoms with Crippen LogP contribution in [0.15, 0.2) is 42.6 Å². The first-order valence-electron chi connectivity index (χ1n) is 8.39. The number of hydrogen-bond donors (Lipinski definition) is 1. The standard InChI is InChI=1S/C19H25N3O/c1-23-18-8-4-3-7-17(18)15-20-14-16-9-10-21-19(13-16)22-11-5-2-6-12-22/h3-4,7-10,13,20H,2,5-6,11-12,14-15H2,1H3. The van der Waals surface area contributed by atoms with Crippen molar-refractivity contribution in [3.05, 3.63) is 53.7 Å². The van der Waals surface area contributed by atoms with Gasteiger partial charge in [0.15, 0.2) is 0 Å². The van der Waals surface area contributed by atoms with Gasteiger partial charge in [-0.25, -0.2) is 4.98 Å². The number of ether oxygens (including phenoxy) is 1. The number of benzene rings is 1. The molecular weight excluding hydrogens is 286 g/mol. The lowest BCUT2D eigenvalue weighted by Crippen LogP contribution is -2.30. The molecule has 3 rings (SSSR count). The van der Waals surface area contributed by atoms with Crippen molar-refractivity contribution in [2.45, 2.75) is 32.4 Å². The quantitative estimate of drug-likeness (QED) is 0.887. The third-order valence-corrected chi connectivity index (χ3v) is 4.33. The van der Waals surface area contributed by atoms with Crippen LogP contribution in [0.25, 0.3) is 0 Å². The predicted molar refractivity (Wildman–Crippen MR) is 93.8 cm³/mol. The summed E-state index contributed by atoms with van der Waals surface area (Å²) in [6.07, 6.45) is 5.82. The second kappa shape index (κ2) is 7.97. The van der Waals surface area contributed by atoms with E-state index < -0.39 is 0 Å². The van der Waals surface area contributed by atoms with Gasteiger partial charge < -0.3 is 15.0 Å². The van der Waals surface area contributed by atoms with E-state index >= 15 is 0 Å². The second-order valence-corrected chi connectivity index (χ2v) is 5.99. The SMILES string of the molecule is COc1ccccc1CNCc1ccnc(N2CCCCC2)c1. The highest BCUT2D eigenvalue weighted by Gasteiger charge is 2.12. The monoisotopic (exact) mass is 311 g/mol. The number of para-hydroxylation sites is 1. The van der Waals surface area contributed by atoms with E-state index in [0.717, 1.165) is 37.7 Å². The third kappa shape index (κ3) is 4.23. The van der Waals surface area contributed by atoms with Crippen LogP contribution in [-0.2, 0) is 13.1 Å². The summed E-state index contributed by atoms with van der Waals surface area (Å²) in [6, 6.07) is 12.4. The molecule has 1 fully saturated rings. The van der Waals surface area contributed by atoms with Crippen molar-refractivity contribution < 1.29 is 4.74 Å². The normalized spacial score (nSPS) is 14.7. The number of pyridine rings is 1. The maximum Gasteiger partial charge on any atom is 0.128 e. The summed E-state index contributed by atoms with van der Waals surface area (Å²) >= 11 is 0. The summed E-state index contributed by atoms with van der Waals surface area (Å²) in [5, 5.41) is 3.50. The molecule has 0 atom stereocenters. The van der Waals surface area contributed by atoms with Crippen molar-refractivity contribution in [3.8, 4) is 5.75 Å². The first-order chi connectivity index (χ1) is 11.4. The van der Waals surface area contributed by atoms with Crippen molar-refractivity contribution in [1.82, 2.24) is 10.3 Å². The summed E-state index contributed by atoms with van der Waals surface area (Å²) in [7, 11) is 1.71. The van der Waals surface area contributed by atoms with Crippen LogP contribution in [0.4, 0.5) is 5.82 Å². The van der Waals surface area contributed by atoms with Crippen LogP contribution in [0.5, 0.6) is 5.75 Å². The Morgan fingerprint density at radius 1 is 1.09 bits per heavy atom. The van der Waals surface area contributed by atoms with Gasteiger partial charge >= 0.3 is 0 Å². The van der Waals surface area contributed by atoms with Crippen LogP contribution in [0, 0.1) is 0 Å². The molecule has 2 heterocycles. The Bertz CT molecular complexity index is 624. The van der Waals surface area contributed by atoms with Crippen LogP contribution in [0.2, 0.25) is 0 Å². The molecule has 0 bridgehead atoms. The number of rotatable bonds is 6. The molecule has 4 nitrogen and oxygen atoms in total. The second-order valence-electron chi connectivity index (χ2n) is 5.99. The number of piperidine rings is 1. The fraction of sp³-hybridized carbons (Fsp3) is 0.421. The highest BCUT2D eigenvalue weighted by Crippen LogP contribution is 2.19. The lowest BCUT2D eigenvalue weighted by atomic mass is 10.1. The van der Waals surface area contributed by atoms with Gasteiger partial charge in [-0.1, -0.05) is 18.2 Å². The summed E-state index contributed by atoms with van der Waals surface area (Å²) < 4.78 is 5.39. The van der Waals surface area contributed by atoms with Crippen LogP contribution < -0.4 is 15.0 Å². The van der Waals surface area contributed by atoms with Gasteiger partial charge in [0, 0.05) is 37.9 Å². The van der Waals surface area contributed by atoms with Gasteiger partial charge in [-0.3, -0.25) is 0 Å². The zero-order valence-electron chi connectivity index (χ0n) is 13.8. The molecule has 0 aliphatic carbocycles. The van der Waals surface area contributed by atoms with Gasteiger partial charge in [0.05, 0.1) is 7.11 Å². The molecule has 0 spiro atoms. The number of aromatic nitrogens is 1. The van der Waals surface area contributed by atoms with Gasteiger partial charge in [0.25, 0.3) is 0 Å².